The number of benzene rings is 1. The second kappa shape index (κ2) is 9.43. The number of carbonyl (C=O) groups excluding carboxylic acids is 2. The maximum absolute atomic E-state index is 12.6. The van der Waals surface area contributed by atoms with Crippen molar-refractivity contribution in [3.63, 3.8) is 0 Å². The predicted octanol–water partition coefficient (Wildman–Crippen LogP) is 2.30. The van der Waals surface area contributed by atoms with Gasteiger partial charge in [-0.05, 0) is 39.2 Å². The summed E-state index contributed by atoms with van der Waals surface area (Å²) >= 11 is 6.09. The van der Waals surface area contributed by atoms with E-state index in [0.717, 1.165) is 13.0 Å². The zero-order valence-corrected chi connectivity index (χ0v) is 14.1. The van der Waals surface area contributed by atoms with E-state index in [1.807, 2.05) is 14.1 Å². The first-order chi connectivity index (χ1) is 10.5. The molecule has 0 unspecified atom stereocenters. The maximum atomic E-state index is 12.6. The van der Waals surface area contributed by atoms with Gasteiger partial charge < -0.3 is 14.5 Å². The Kier molecular flexibility index (Phi) is 7.91. The Balaban J connectivity index is 2.76. The molecule has 0 heterocycles. The Bertz CT molecular complexity index is 506. The summed E-state index contributed by atoms with van der Waals surface area (Å²) in [7, 11) is 5.30. The standard InChI is InChI=1S/C16H23ClN2O3/c1-18(2)10-6-11-19(12-9-15(20)22-3)16(21)13-7-4-5-8-14(13)17/h4-5,7-8H,6,9-12H2,1-3H3. The fraction of sp³-hybridized carbons (Fsp3) is 0.500. The highest BCUT2D eigenvalue weighted by molar-refractivity contribution is 6.33. The zero-order chi connectivity index (χ0) is 16.5. The average molecular weight is 327 g/mol. The summed E-state index contributed by atoms with van der Waals surface area (Å²) in [5.74, 6) is -0.488. The van der Waals surface area contributed by atoms with Gasteiger partial charge in [0.1, 0.15) is 0 Å². The van der Waals surface area contributed by atoms with E-state index >= 15 is 0 Å². The molecule has 1 rings (SSSR count). The van der Waals surface area contributed by atoms with Gasteiger partial charge in [-0.25, -0.2) is 0 Å². The lowest BCUT2D eigenvalue weighted by molar-refractivity contribution is -0.140. The third kappa shape index (κ3) is 6.03. The number of amides is 1. The molecule has 0 atom stereocenters. The van der Waals surface area contributed by atoms with Crippen molar-refractivity contribution in [2.45, 2.75) is 12.8 Å². The molecule has 0 aromatic heterocycles. The molecule has 0 aliphatic heterocycles. The van der Waals surface area contributed by atoms with E-state index in [9.17, 15) is 9.59 Å². The SMILES string of the molecule is COC(=O)CCN(CCCN(C)C)C(=O)c1ccccc1Cl. The number of halogens is 1. The van der Waals surface area contributed by atoms with E-state index in [2.05, 4.69) is 9.64 Å². The Morgan fingerprint density at radius 1 is 1.14 bits per heavy atom. The van der Waals surface area contributed by atoms with Crippen molar-refractivity contribution in [2.75, 3.05) is 40.8 Å². The van der Waals surface area contributed by atoms with Crippen molar-refractivity contribution in [2.24, 2.45) is 0 Å². The van der Waals surface area contributed by atoms with Gasteiger partial charge in [-0.1, -0.05) is 23.7 Å². The molecule has 0 spiro atoms. The van der Waals surface area contributed by atoms with E-state index in [0.29, 0.717) is 23.7 Å². The average Bonchev–Trinajstić information content (AvgIpc) is 2.49. The second-order valence-electron chi connectivity index (χ2n) is 5.26. The van der Waals surface area contributed by atoms with Crippen LogP contribution in [-0.2, 0) is 9.53 Å². The quantitative estimate of drug-likeness (QED) is 0.688. The number of carbonyl (C=O) groups is 2. The van der Waals surface area contributed by atoms with E-state index in [-0.39, 0.29) is 18.3 Å². The molecular weight excluding hydrogens is 304 g/mol. The third-order valence-electron chi connectivity index (χ3n) is 3.24. The number of rotatable bonds is 8. The summed E-state index contributed by atoms with van der Waals surface area (Å²) < 4.78 is 4.64. The molecular formula is C16H23ClN2O3. The fourth-order valence-electron chi connectivity index (χ4n) is 2.03. The number of ether oxygens (including phenoxy) is 1. The van der Waals surface area contributed by atoms with Gasteiger partial charge in [0, 0.05) is 13.1 Å². The van der Waals surface area contributed by atoms with Gasteiger partial charge in [0.05, 0.1) is 24.1 Å². The predicted molar refractivity (Wildman–Crippen MR) is 87.2 cm³/mol. The topological polar surface area (TPSA) is 49.9 Å². The van der Waals surface area contributed by atoms with Gasteiger partial charge in [0.15, 0.2) is 0 Å². The lowest BCUT2D eigenvalue weighted by atomic mass is 10.2. The number of hydrogen-bond acceptors (Lipinski definition) is 4. The van der Waals surface area contributed by atoms with Crippen molar-refractivity contribution in [3.05, 3.63) is 34.9 Å². The maximum Gasteiger partial charge on any atom is 0.307 e. The molecule has 0 radical (unpaired) electrons. The molecule has 6 heteroatoms. The normalized spacial score (nSPS) is 10.6. The van der Waals surface area contributed by atoms with Crippen molar-refractivity contribution < 1.29 is 14.3 Å². The van der Waals surface area contributed by atoms with Gasteiger partial charge in [-0.2, -0.15) is 0 Å². The first kappa shape index (κ1) is 18.5. The van der Waals surface area contributed by atoms with Crippen LogP contribution in [-0.4, -0.2) is 62.5 Å². The molecule has 0 bridgehead atoms. The van der Waals surface area contributed by atoms with E-state index in [1.54, 1.807) is 29.2 Å². The van der Waals surface area contributed by atoms with E-state index in [4.69, 9.17) is 11.6 Å². The van der Waals surface area contributed by atoms with Crippen LogP contribution >= 0.6 is 11.6 Å². The molecule has 0 aliphatic rings. The van der Waals surface area contributed by atoms with Crippen LogP contribution in [0.5, 0.6) is 0 Å². The summed E-state index contributed by atoms with van der Waals surface area (Å²) in [6.07, 6.45) is 0.999. The van der Waals surface area contributed by atoms with Gasteiger partial charge in [-0.3, -0.25) is 9.59 Å². The molecule has 1 aromatic carbocycles. The van der Waals surface area contributed by atoms with Crippen LogP contribution in [0, 0.1) is 0 Å². The van der Waals surface area contributed by atoms with Crippen molar-refractivity contribution in [1.29, 1.82) is 0 Å². The van der Waals surface area contributed by atoms with Gasteiger partial charge in [-0.15, -0.1) is 0 Å². The van der Waals surface area contributed by atoms with Gasteiger partial charge in [0.25, 0.3) is 5.91 Å². The summed E-state index contributed by atoms with van der Waals surface area (Å²) in [6, 6.07) is 6.94. The largest absolute Gasteiger partial charge is 0.469 e. The van der Waals surface area contributed by atoms with E-state index in [1.165, 1.54) is 7.11 Å². The highest BCUT2D eigenvalue weighted by Gasteiger charge is 2.19. The second-order valence-corrected chi connectivity index (χ2v) is 5.66. The van der Waals surface area contributed by atoms with E-state index < -0.39 is 0 Å². The fourth-order valence-corrected chi connectivity index (χ4v) is 2.24. The van der Waals surface area contributed by atoms with Crippen LogP contribution in [0.2, 0.25) is 5.02 Å². The molecule has 1 aromatic rings. The first-order valence-corrected chi connectivity index (χ1v) is 7.59. The van der Waals surface area contributed by atoms with Crippen molar-refractivity contribution in [1.82, 2.24) is 9.80 Å². The molecule has 0 aliphatic carbocycles. The Morgan fingerprint density at radius 2 is 1.82 bits per heavy atom. The molecule has 0 saturated heterocycles. The zero-order valence-electron chi connectivity index (χ0n) is 13.3. The highest BCUT2D eigenvalue weighted by Crippen LogP contribution is 2.17. The van der Waals surface area contributed by atoms with Gasteiger partial charge in [0.2, 0.25) is 0 Å². The van der Waals surface area contributed by atoms with Crippen LogP contribution < -0.4 is 0 Å². The number of nitrogens with zero attached hydrogens (tertiary/aromatic N) is 2. The Hall–Kier alpha value is -1.59. The van der Waals surface area contributed by atoms with Crippen LogP contribution in [0.4, 0.5) is 0 Å². The third-order valence-corrected chi connectivity index (χ3v) is 3.57. The molecule has 0 fully saturated rings. The van der Waals surface area contributed by atoms with Crippen molar-refractivity contribution in [3.8, 4) is 0 Å². The molecule has 5 nitrogen and oxygen atoms in total. The Morgan fingerprint density at radius 3 is 2.41 bits per heavy atom. The molecule has 0 saturated carbocycles. The number of hydrogen-bond donors (Lipinski definition) is 0. The molecule has 122 valence electrons. The van der Waals surface area contributed by atoms with Crippen LogP contribution in [0.3, 0.4) is 0 Å². The minimum atomic E-state index is -0.329. The van der Waals surface area contributed by atoms with Gasteiger partial charge >= 0.3 is 5.97 Å². The lowest BCUT2D eigenvalue weighted by Crippen LogP contribution is -2.35. The highest BCUT2D eigenvalue weighted by atomic mass is 35.5. The van der Waals surface area contributed by atoms with Crippen LogP contribution in [0.25, 0.3) is 0 Å². The van der Waals surface area contributed by atoms with Crippen LogP contribution in [0.15, 0.2) is 24.3 Å². The molecule has 22 heavy (non-hydrogen) atoms. The summed E-state index contributed by atoms with van der Waals surface area (Å²) in [6.45, 7) is 1.76. The first-order valence-electron chi connectivity index (χ1n) is 7.21. The summed E-state index contributed by atoms with van der Waals surface area (Å²) in [4.78, 5) is 27.7. The summed E-state index contributed by atoms with van der Waals surface area (Å²) in [5, 5.41) is 0.420. The molecule has 1 amide bonds. The van der Waals surface area contributed by atoms with Crippen LogP contribution in [0.1, 0.15) is 23.2 Å². The molecule has 0 N–H and O–H groups in total. The minimum Gasteiger partial charge on any atom is -0.469 e. The lowest BCUT2D eigenvalue weighted by Gasteiger charge is -2.23. The number of methoxy groups -OCH3 is 1. The Labute approximate surface area is 136 Å². The summed E-state index contributed by atoms with van der Waals surface area (Å²) in [5.41, 5.74) is 0.457. The smallest absolute Gasteiger partial charge is 0.307 e. The monoisotopic (exact) mass is 326 g/mol. The number of esters is 1. The minimum absolute atomic E-state index is 0.159. The van der Waals surface area contributed by atoms with Crippen molar-refractivity contribution >= 4 is 23.5 Å².